The molecule has 0 saturated carbocycles. The molecule has 0 saturated heterocycles. The molecule has 0 radical (unpaired) electrons. The maximum atomic E-state index is 10.2. The Morgan fingerprint density at radius 2 is 1.19 bits per heavy atom. The lowest BCUT2D eigenvalue weighted by Crippen LogP contribution is -2.18. The van der Waals surface area contributed by atoms with Gasteiger partial charge in [-0.3, -0.25) is 4.52 Å². The van der Waals surface area contributed by atoms with Gasteiger partial charge in [0.25, 0.3) is 0 Å². The van der Waals surface area contributed by atoms with Crippen molar-refractivity contribution in [2.75, 3.05) is 0 Å². The molecule has 0 aromatic heterocycles. The van der Waals surface area contributed by atoms with Gasteiger partial charge in [-0.05, 0) is 34.6 Å². The predicted molar refractivity (Wildman–Crippen MR) is 98.9 cm³/mol. The van der Waals surface area contributed by atoms with Gasteiger partial charge in [-0.15, -0.1) is 13.2 Å². The van der Waals surface area contributed by atoms with Crippen LogP contribution in [0.15, 0.2) is 50.1 Å². The molecule has 0 bridgehead atoms. The van der Waals surface area contributed by atoms with Crippen LogP contribution < -0.4 is 0 Å². The topological polar surface area (TPSA) is 155 Å². The maximum absolute atomic E-state index is 10.2. The highest BCUT2D eigenvalue weighted by Crippen LogP contribution is 2.41. The van der Waals surface area contributed by atoms with E-state index < -0.39 is 19.0 Å². The molecule has 10 heteroatoms. The van der Waals surface area contributed by atoms with E-state index in [0.29, 0.717) is 0 Å². The summed E-state index contributed by atoms with van der Waals surface area (Å²) in [5, 5.41) is 8.71. The molecule has 0 spiro atoms. The van der Waals surface area contributed by atoms with Crippen LogP contribution in [0, 0.1) is 0 Å². The van der Waals surface area contributed by atoms with Crippen LogP contribution in [0.1, 0.15) is 34.6 Å². The van der Waals surface area contributed by atoms with Gasteiger partial charge in [0.05, 0.1) is 11.2 Å². The first kappa shape index (κ1) is 35.8. The number of carbonyl (C=O) groups excluding carboxylic acids is 4. The van der Waals surface area contributed by atoms with Gasteiger partial charge in [-0.1, -0.05) is 37.0 Å². The third-order valence-electron chi connectivity index (χ3n) is 1.69. The largest absolute Gasteiger partial charge is 0.470 e. The smallest absolute Gasteiger partial charge is 0.386 e. The lowest BCUT2D eigenvalue weighted by atomic mass is 10.1. The van der Waals surface area contributed by atoms with Crippen molar-refractivity contribution in [2.45, 2.75) is 45.8 Å². The molecule has 3 N–H and O–H groups in total. The summed E-state index contributed by atoms with van der Waals surface area (Å²) < 4.78 is 14.6. The Bertz CT molecular complexity index is 527. The van der Waals surface area contributed by atoms with E-state index in [2.05, 4.69) is 30.8 Å². The van der Waals surface area contributed by atoms with Crippen LogP contribution in [0.25, 0.3) is 0 Å². The molecular formula is C17H29O9P. The molecular weight excluding hydrogens is 379 g/mol. The number of phosphoric ester groups is 1. The number of aliphatic hydroxyl groups is 1. The third-order valence-corrected chi connectivity index (χ3v) is 2.40. The Morgan fingerprint density at radius 3 is 1.22 bits per heavy atom. The summed E-state index contributed by atoms with van der Waals surface area (Å²) in [7, 11) is -4.38. The quantitative estimate of drug-likeness (QED) is 0.353. The van der Waals surface area contributed by atoms with E-state index in [-0.39, 0.29) is 12.3 Å². The number of hydrogen-bond acceptors (Lipinski definition) is 7. The molecule has 0 heterocycles. The molecule has 0 aliphatic rings. The fourth-order valence-electron chi connectivity index (χ4n) is 0.344. The van der Waals surface area contributed by atoms with Gasteiger partial charge in [0.1, 0.15) is 0 Å². The van der Waals surface area contributed by atoms with Gasteiger partial charge in [-0.2, -0.15) is 19.2 Å². The van der Waals surface area contributed by atoms with Crippen molar-refractivity contribution < 1.29 is 43.2 Å². The Morgan fingerprint density at radius 1 is 0.963 bits per heavy atom. The van der Waals surface area contributed by atoms with Crippen molar-refractivity contribution >= 4 is 20.1 Å². The summed E-state index contributed by atoms with van der Waals surface area (Å²) in [5.41, 5.74) is -0.649. The van der Waals surface area contributed by atoms with E-state index >= 15 is 0 Å². The molecule has 9 nitrogen and oxygen atoms in total. The minimum atomic E-state index is -4.38. The minimum absolute atomic E-state index is 0.250. The highest BCUT2D eigenvalue weighted by atomic mass is 31.2. The first-order chi connectivity index (χ1) is 11.9. The lowest BCUT2D eigenvalue weighted by Gasteiger charge is -2.20. The van der Waals surface area contributed by atoms with Crippen molar-refractivity contribution in [3.63, 3.8) is 0 Å². The fraction of sp³-hybridized carbons (Fsp3) is 0.412. The fourth-order valence-corrected chi connectivity index (χ4v) is 1.03. The predicted octanol–water partition coefficient (Wildman–Crippen LogP) is 2.59. The molecule has 0 amide bonds. The average molecular weight is 408 g/mol. The molecule has 0 aromatic rings. The van der Waals surface area contributed by atoms with E-state index in [1.807, 2.05) is 6.92 Å². The third kappa shape index (κ3) is 81.3. The van der Waals surface area contributed by atoms with Gasteiger partial charge in [0.2, 0.25) is 0 Å². The maximum Gasteiger partial charge on any atom is 0.470 e. The average Bonchev–Trinajstić information content (AvgIpc) is 2.47. The molecule has 0 unspecified atom stereocenters. The second-order valence-electron chi connectivity index (χ2n) is 5.46. The van der Waals surface area contributed by atoms with Gasteiger partial charge in [-0.25, -0.2) is 4.57 Å². The van der Waals surface area contributed by atoms with Crippen LogP contribution in [0.2, 0.25) is 0 Å². The van der Waals surface area contributed by atoms with Gasteiger partial charge in [0, 0.05) is 0 Å². The van der Waals surface area contributed by atoms with Crippen LogP contribution in [-0.2, 0) is 28.3 Å². The number of hydrogen-bond donors (Lipinski definition) is 3. The Kier molecular flexibility index (Phi) is 26.7. The molecule has 156 valence electrons. The van der Waals surface area contributed by atoms with Crippen molar-refractivity contribution in [1.29, 1.82) is 0 Å². The number of allylic oxidation sites excluding steroid dienone is 2. The minimum Gasteiger partial charge on any atom is -0.386 e. The molecule has 0 aromatic carbocycles. The van der Waals surface area contributed by atoms with Crippen LogP contribution in [-0.4, -0.2) is 38.4 Å². The van der Waals surface area contributed by atoms with E-state index in [0.717, 1.165) is 5.57 Å². The number of rotatable bonds is 5. The highest BCUT2D eigenvalue weighted by Gasteiger charge is 2.25. The first-order valence-electron chi connectivity index (χ1n) is 6.95. The first-order valence-corrected chi connectivity index (χ1v) is 8.48. The molecule has 0 rings (SSSR count). The second kappa shape index (κ2) is 20.1. The highest BCUT2D eigenvalue weighted by molar-refractivity contribution is 7.46. The summed E-state index contributed by atoms with van der Waals surface area (Å²) in [5.74, 6) is 0. The summed E-state index contributed by atoms with van der Waals surface area (Å²) >= 11 is 0. The Balaban J connectivity index is -0.0000000818. The van der Waals surface area contributed by atoms with Crippen molar-refractivity contribution in [3.8, 4) is 0 Å². The normalized spacial score (nSPS) is 9.19. The van der Waals surface area contributed by atoms with Crippen LogP contribution in [0.4, 0.5) is 0 Å². The lowest BCUT2D eigenvalue weighted by molar-refractivity contribution is -0.193. The molecule has 0 atom stereocenters. The zero-order chi connectivity index (χ0) is 23.3. The van der Waals surface area contributed by atoms with E-state index in [1.54, 1.807) is 19.9 Å². The van der Waals surface area contributed by atoms with Crippen LogP contribution >= 0.6 is 7.82 Å². The van der Waals surface area contributed by atoms with Gasteiger partial charge >= 0.3 is 20.1 Å². The summed E-state index contributed by atoms with van der Waals surface area (Å²) in [4.78, 5) is 49.2. The molecule has 0 fully saturated rings. The van der Waals surface area contributed by atoms with Crippen molar-refractivity contribution in [3.05, 3.63) is 50.1 Å². The zero-order valence-corrected chi connectivity index (χ0v) is 17.2. The SMILES string of the molecule is C=CC(=C)C.C=CC(C)(C)O.C=CC(C)(C)OP(=O)(O)O.O=C=O.O=C=O. The van der Waals surface area contributed by atoms with Gasteiger partial charge in [0.15, 0.2) is 0 Å². The second-order valence-corrected chi connectivity index (χ2v) is 6.63. The summed E-state index contributed by atoms with van der Waals surface area (Å²) in [6, 6.07) is 0. The van der Waals surface area contributed by atoms with E-state index in [1.165, 1.54) is 26.0 Å². The molecule has 27 heavy (non-hydrogen) atoms. The van der Waals surface area contributed by atoms with E-state index in [9.17, 15) is 4.57 Å². The standard InChI is InChI=1S/C5H11O4P.C5H10O.C5H8.2CO2/c1-4-5(2,3)9-10(6,7)8;1-4-5(2,3)6;1-4-5(2)3;2*2-1-3/h4H,1H2,2-3H3,(H2,6,7,8);4,6H,1H2,2-3H3;4H,1-2H2,3H3;;. The monoisotopic (exact) mass is 408 g/mol. The number of phosphoric acid groups is 1. The van der Waals surface area contributed by atoms with Crippen LogP contribution in [0.5, 0.6) is 0 Å². The Labute approximate surface area is 160 Å². The van der Waals surface area contributed by atoms with Gasteiger partial charge < -0.3 is 14.9 Å². The van der Waals surface area contributed by atoms with E-state index in [4.69, 9.17) is 34.1 Å². The summed E-state index contributed by atoms with van der Waals surface area (Å²) in [6.45, 7) is 22.0. The van der Waals surface area contributed by atoms with Crippen LogP contribution in [0.3, 0.4) is 0 Å². The van der Waals surface area contributed by atoms with Crippen molar-refractivity contribution in [1.82, 2.24) is 0 Å². The van der Waals surface area contributed by atoms with Crippen molar-refractivity contribution in [2.24, 2.45) is 0 Å². The molecule has 0 aliphatic heterocycles. The Hall–Kier alpha value is -2.21. The summed E-state index contributed by atoms with van der Waals surface area (Å²) in [6.07, 6.45) is 5.04. The zero-order valence-electron chi connectivity index (χ0n) is 16.3. The molecule has 0 aliphatic carbocycles.